The summed E-state index contributed by atoms with van der Waals surface area (Å²) in [5.74, 6) is -2.90. The van der Waals surface area contributed by atoms with Gasteiger partial charge in [0.1, 0.15) is 24.2 Å². The van der Waals surface area contributed by atoms with Gasteiger partial charge in [-0.3, -0.25) is 29.0 Å². The first-order valence-electron chi connectivity index (χ1n) is 18.4. The first kappa shape index (κ1) is 41.4. The van der Waals surface area contributed by atoms with Crippen LogP contribution in [0.25, 0.3) is 11.1 Å². The van der Waals surface area contributed by atoms with Gasteiger partial charge in [-0.25, -0.2) is 0 Å². The second-order valence-electron chi connectivity index (χ2n) is 13.8. The predicted molar refractivity (Wildman–Crippen MR) is 224 cm³/mol. The van der Waals surface area contributed by atoms with Crippen molar-refractivity contribution < 1.29 is 24.0 Å². The molecule has 13 nitrogen and oxygen atoms in total. The van der Waals surface area contributed by atoms with Crippen LogP contribution in [0.15, 0.2) is 108 Å². The van der Waals surface area contributed by atoms with Gasteiger partial charge in [0.05, 0.1) is 0 Å². The molecule has 0 saturated heterocycles. The molecule has 9 N–H and O–H groups in total. The van der Waals surface area contributed by atoms with Gasteiger partial charge in [0.2, 0.25) is 29.5 Å². The summed E-state index contributed by atoms with van der Waals surface area (Å²) in [6.45, 7) is 1.63. The highest BCUT2D eigenvalue weighted by atomic mass is 127. The average molecular weight is 871 g/mol. The Balaban J connectivity index is 1.39. The van der Waals surface area contributed by atoms with Crippen molar-refractivity contribution in [2.75, 3.05) is 6.54 Å². The monoisotopic (exact) mass is 870 g/mol. The number of hydrogen-bond donors (Lipinski definition) is 6. The Kier molecular flexibility index (Phi) is 14.6. The number of primary amides is 1. The molecular formula is C42H47IN8O5. The van der Waals surface area contributed by atoms with Gasteiger partial charge < -0.3 is 38.1 Å². The van der Waals surface area contributed by atoms with E-state index in [9.17, 15) is 24.0 Å². The van der Waals surface area contributed by atoms with Gasteiger partial charge in [0, 0.05) is 42.8 Å². The number of carbonyl (C=O) groups is 5. The van der Waals surface area contributed by atoms with Gasteiger partial charge in [0.25, 0.3) is 0 Å². The van der Waals surface area contributed by atoms with E-state index >= 15 is 0 Å². The summed E-state index contributed by atoms with van der Waals surface area (Å²) in [6, 6.07) is 28.4. The summed E-state index contributed by atoms with van der Waals surface area (Å²) < 4.78 is 0.990. The number of amides is 5. The summed E-state index contributed by atoms with van der Waals surface area (Å²) in [6.07, 6.45) is 0.919. The average Bonchev–Trinajstić information content (AvgIpc) is 3.18. The quantitative estimate of drug-likeness (QED) is 0.0428. The number of guanidine groups is 1. The van der Waals surface area contributed by atoms with E-state index in [1.54, 1.807) is 0 Å². The van der Waals surface area contributed by atoms with Gasteiger partial charge in [0.15, 0.2) is 5.96 Å². The number of nitrogens with one attached hydrogen (secondary N) is 3. The fourth-order valence-corrected chi connectivity index (χ4v) is 7.10. The van der Waals surface area contributed by atoms with E-state index < -0.39 is 53.7 Å². The van der Waals surface area contributed by atoms with E-state index in [1.807, 2.05) is 103 Å². The third kappa shape index (κ3) is 11.6. The van der Waals surface area contributed by atoms with Crippen LogP contribution in [-0.4, -0.2) is 71.1 Å². The SMILES string of the molecule is CC(=O)N[C@@H](Cc1ccc(-c2ccccc2)cc1)C(=O)N[C@@H](CCCN=C(N)N)C(=O)N[C@H](Cc1ccc(I)cc1)C(=O)N1Cc2ccccc2C[C@H]1C(N)=O. The molecule has 5 rings (SSSR count). The van der Waals surface area contributed by atoms with Crippen molar-refractivity contribution in [1.29, 1.82) is 0 Å². The number of nitrogens with zero attached hydrogens (tertiary/aromatic N) is 2. The van der Waals surface area contributed by atoms with Crippen molar-refractivity contribution in [3.8, 4) is 11.1 Å². The van der Waals surface area contributed by atoms with Crippen molar-refractivity contribution in [3.05, 3.63) is 129 Å². The zero-order chi connectivity index (χ0) is 40.2. The number of halogens is 1. The Morgan fingerprint density at radius 1 is 0.714 bits per heavy atom. The van der Waals surface area contributed by atoms with Gasteiger partial charge in [-0.1, -0.05) is 91.0 Å². The minimum absolute atomic E-state index is 0.104. The highest BCUT2D eigenvalue weighted by Gasteiger charge is 2.38. The van der Waals surface area contributed by atoms with E-state index in [2.05, 4.69) is 43.5 Å². The summed E-state index contributed by atoms with van der Waals surface area (Å²) >= 11 is 2.18. The Morgan fingerprint density at radius 3 is 1.89 bits per heavy atom. The zero-order valence-corrected chi connectivity index (χ0v) is 33.3. The molecule has 1 heterocycles. The van der Waals surface area contributed by atoms with Crippen molar-refractivity contribution in [2.24, 2.45) is 22.2 Å². The van der Waals surface area contributed by atoms with Crippen molar-refractivity contribution in [3.63, 3.8) is 0 Å². The second kappa shape index (κ2) is 19.7. The normalized spacial score (nSPS) is 15.0. The van der Waals surface area contributed by atoms with Crippen molar-refractivity contribution in [1.82, 2.24) is 20.9 Å². The molecule has 14 heteroatoms. The lowest BCUT2D eigenvalue weighted by molar-refractivity contribution is -0.144. The van der Waals surface area contributed by atoms with Gasteiger partial charge >= 0.3 is 0 Å². The maximum atomic E-state index is 14.5. The Bertz CT molecular complexity index is 2040. The van der Waals surface area contributed by atoms with E-state index in [1.165, 1.54) is 11.8 Å². The molecule has 0 spiro atoms. The number of carbonyl (C=O) groups excluding carboxylic acids is 5. The number of rotatable bonds is 16. The van der Waals surface area contributed by atoms with Crippen LogP contribution in [0.5, 0.6) is 0 Å². The maximum Gasteiger partial charge on any atom is 0.246 e. The number of aliphatic imine (C=N–C) groups is 1. The topological polar surface area (TPSA) is 215 Å². The first-order chi connectivity index (χ1) is 26.9. The van der Waals surface area contributed by atoms with Gasteiger partial charge in [-0.2, -0.15) is 0 Å². The lowest BCUT2D eigenvalue weighted by Gasteiger charge is -2.37. The number of nitrogens with two attached hydrogens (primary N) is 3. The van der Waals surface area contributed by atoms with Crippen LogP contribution in [0.3, 0.4) is 0 Å². The van der Waals surface area contributed by atoms with E-state index in [-0.39, 0.29) is 44.7 Å². The predicted octanol–water partition coefficient (Wildman–Crippen LogP) is 2.71. The van der Waals surface area contributed by atoms with Crippen LogP contribution in [0.2, 0.25) is 0 Å². The zero-order valence-electron chi connectivity index (χ0n) is 31.1. The molecule has 0 radical (unpaired) electrons. The molecule has 0 aromatic heterocycles. The van der Waals surface area contributed by atoms with Crippen LogP contribution in [-0.2, 0) is 49.8 Å². The standard InChI is InChI=1S/C42H47IN8O5/c1-26(52)48-35(22-27-13-17-30(18-14-27)29-8-3-2-4-9-29)40(55)49-34(12-7-21-47-42(45)46)39(54)50-36(23-28-15-19-33(43)20-16-28)41(56)51-25-32-11-6-5-10-31(32)24-37(51)38(44)53/h2-6,8-11,13-20,34-37H,7,12,21-25H2,1H3,(H2,44,53)(H,48,52)(H,49,55)(H,50,54)(H4,45,46,47)/t34-,35-,36+,37-/m0/s1. The number of fused-ring (bicyclic) bond motifs is 1. The lowest BCUT2D eigenvalue weighted by atomic mass is 9.92. The molecule has 56 heavy (non-hydrogen) atoms. The Hall–Kier alpha value is -5.77. The van der Waals surface area contributed by atoms with E-state index in [0.717, 1.165) is 37.0 Å². The third-order valence-corrected chi connectivity index (χ3v) is 10.3. The Labute approximate surface area is 340 Å². The number of hydrogen-bond acceptors (Lipinski definition) is 6. The highest BCUT2D eigenvalue weighted by molar-refractivity contribution is 14.1. The fourth-order valence-electron chi connectivity index (χ4n) is 6.74. The summed E-state index contributed by atoms with van der Waals surface area (Å²) in [5.41, 5.74) is 22.3. The molecule has 0 bridgehead atoms. The van der Waals surface area contributed by atoms with E-state index in [4.69, 9.17) is 17.2 Å². The molecule has 292 valence electrons. The Morgan fingerprint density at radius 2 is 1.27 bits per heavy atom. The molecular weight excluding hydrogens is 823 g/mol. The molecule has 4 aromatic carbocycles. The molecule has 5 amide bonds. The molecule has 0 aliphatic carbocycles. The largest absolute Gasteiger partial charge is 0.370 e. The summed E-state index contributed by atoms with van der Waals surface area (Å²) in [4.78, 5) is 73.2. The lowest BCUT2D eigenvalue weighted by Crippen LogP contribution is -2.60. The molecule has 4 aromatic rings. The van der Waals surface area contributed by atoms with Crippen molar-refractivity contribution >= 4 is 58.1 Å². The summed E-state index contributed by atoms with van der Waals surface area (Å²) in [7, 11) is 0. The third-order valence-electron chi connectivity index (χ3n) is 9.60. The number of benzene rings is 4. The van der Waals surface area contributed by atoms with Crippen molar-refractivity contribution in [2.45, 2.75) is 69.7 Å². The highest BCUT2D eigenvalue weighted by Crippen LogP contribution is 2.25. The first-order valence-corrected chi connectivity index (χ1v) is 19.4. The van der Waals surface area contributed by atoms with Crippen LogP contribution < -0.4 is 33.2 Å². The van der Waals surface area contributed by atoms with Gasteiger partial charge in [-0.15, -0.1) is 0 Å². The molecule has 1 aliphatic rings. The molecule has 0 fully saturated rings. The maximum absolute atomic E-state index is 14.5. The molecule has 0 saturated carbocycles. The smallest absolute Gasteiger partial charge is 0.246 e. The second-order valence-corrected chi connectivity index (χ2v) is 15.0. The van der Waals surface area contributed by atoms with Crippen LogP contribution in [0.1, 0.15) is 42.0 Å². The fraction of sp³-hybridized carbons (Fsp3) is 0.286. The van der Waals surface area contributed by atoms with Crippen LogP contribution >= 0.6 is 22.6 Å². The minimum atomic E-state index is -1.14. The minimum Gasteiger partial charge on any atom is -0.370 e. The van der Waals surface area contributed by atoms with E-state index in [0.29, 0.717) is 6.42 Å². The molecule has 0 unspecified atom stereocenters. The van der Waals surface area contributed by atoms with Crippen LogP contribution in [0, 0.1) is 3.57 Å². The summed E-state index contributed by atoms with van der Waals surface area (Å²) in [5, 5.41) is 8.44. The van der Waals surface area contributed by atoms with Gasteiger partial charge in [-0.05, 0) is 80.9 Å². The molecule has 1 aliphatic heterocycles. The molecule has 4 atom stereocenters. The van der Waals surface area contributed by atoms with Crippen LogP contribution in [0.4, 0.5) is 0 Å².